The van der Waals surface area contributed by atoms with E-state index in [4.69, 9.17) is 11.6 Å². The second-order valence-electron chi connectivity index (χ2n) is 6.44. The summed E-state index contributed by atoms with van der Waals surface area (Å²) in [6.07, 6.45) is -0.949. The maximum atomic E-state index is 15.4. The first kappa shape index (κ1) is 24.5. The molecule has 11 heteroatoms. The van der Waals surface area contributed by atoms with Crippen molar-refractivity contribution in [3.63, 3.8) is 0 Å². The minimum Gasteiger partial charge on any atom is -0.251 e. The number of benzene rings is 2. The van der Waals surface area contributed by atoms with Crippen LogP contribution < -0.4 is 3.71 Å². The maximum absolute atomic E-state index is 15.4. The maximum Gasteiger partial charge on any atom is 0.248 e. The zero-order valence-electron chi connectivity index (χ0n) is 15.9. The molecule has 5 nitrogen and oxygen atoms in total. The van der Waals surface area contributed by atoms with Crippen LogP contribution in [0.4, 0.5) is 18.9 Å². The molecule has 0 radical (unpaired) electrons. The van der Waals surface area contributed by atoms with Gasteiger partial charge in [0.15, 0.2) is 5.82 Å². The summed E-state index contributed by atoms with van der Waals surface area (Å²) in [5.74, 6) is -2.83. The van der Waals surface area contributed by atoms with E-state index in [0.717, 1.165) is 6.07 Å². The first-order valence-corrected chi connectivity index (χ1v) is 12.6. The lowest BCUT2D eigenvalue weighted by Gasteiger charge is -2.25. The molecule has 0 amide bonds. The van der Waals surface area contributed by atoms with Crippen LogP contribution in [0.3, 0.4) is 0 Å². The Morgan fingerprint density at radius 3 is 1.87 bits per heavy atom. The first-order chi connectivity index (χ1) is 14.1. The average Bonchev–Trinajstić information content (AvgIpc) is 2.70. The Kier molecular flexibility index (Phi) is 8.57. The van der Waals surface area contributed by atoms with Gasteiger partial charge in [-0.3, -0.25) is 8.78 Å². The third-order valence-corrected chi connectivity index (χ3v) is 8.89. The minimum absolute atomic E-state index is 0.0117. The quantitative estimate of drug-likeness (QED) is 0.479. The van der Waals surface area contributed by atoms with E-state index in [2.05, 4.69) is 0 Å². The molecule has 0 aromatic heterocycles. The van der Waals surface area contributed by atoms with Gasteiger partial charge in [0.2, 0.25) is 20.0 Å². The lowest BCUT2D eigenvalue weighted by Crippen LogP contribution is -2.41. The Balaban J connectivity index is 2.62. The van der Waals surface area contributed by atoms with E-state index in [-0.39, 0.29) is 20.7 Å². The van der Waals surface area contributed by atoms with Crippen LogP contribution >= 0.6 is 11.6 Å². The second kappa shape index (κ2) is 10.5. The molecule has 0 heterocycles. The Morgan fingerprint density at radius 2 is 1.37 bits per heavy atom. The van der Waals surface area contributed by atoms with Gasteiger partial charge in [0, 0.05) is 17.0 Å². The van der Waals surface area contributed by atoms with E-state index in [1.807, 2.05) is 0 Å². The van der Waals surface area contributed by atoms with Gasteiger partial charge in [-0.1, -0.05) is 41.9 Å². The molecule has 166 valence electrons. The number of alkyl halides is 2. The van der Waals surface area contributed by atoms with Gasteiger partial charge in [-0.05, 0) is 30.5 Å². The highest BCUT2D eigenvalue weighted by Crippen LogP contribution is 2.33. The van der Waals surface area contributed by atoms with Crippen LogP contribution in [-0.4, -0.2) is 41.7 Å². The van der Waals surface area contributed by atoms with E-state index in [9.17, 15) is 25.6 Å². The van der Waals surface area contributed by atoms with Crippen molar-refractivity contribution in [2.24, 2.45) is 0 Å². The van der Waals surface area contributed by atoms with E-state index in [1.165, 1.54) is 6.07 Å². The summed E-state index contributed by atoms with van der Waals surface area (Å²) >= 11 is 6.10. The van der Waals surface area contributed by atoms with E-state index in [1.54, 1.807) is 30.3 Å². The van der Waals surface area contributed by atoms with Gasteiger partial charge in [-0.2, -0.15) is 3.71 Å². The van der Waals surface area contributed by atoms with Crippen LogP contribution in [0.25, 0.3) is 0 Å². The fraction of sp³-hybridized carbons (Fsp3) is 0.368. The molecular weight excluding hydrogens is 463 g/mol. The van der Waals surface area contributed by atoms with Gasteiger partial charge in [0.1, 0.15) is 5.69 Å². The first-order valence-electron chi connectivity index (χ1n) is 9.02. The molecule has 0 saturated carbocycles. The summed E-state index contributed by atoms with van der Waals surface area (Å²) in [5, 5.41) is -0.0117. The number of anilines is 1. The molecule has 0 aliphatic heterocycles. The zero-order chi connectivity index (χ0) is 22.4. The predicted molar refractivity (Wildman–Crippen MR) is 112 cm³/mol. The summed E-state index contributed by atoms with van der Waals surface area (Å²) in [5.41, 5.74) is -0.169. The number of halogens is 4. The number of nitrogens with zero attached hydrogens (tertiary/aromatic N) is 1. The number of sulfonamides is 2. The summed E-state index contributed by atoms with van der Waals surface area (Å²) in [7, 11) is -9.30. The molecule has 0 aliphatic carbocycles. The lowest BCUT2D eigenvalue weighted by molar-refractivity contribution is 0.482. The minimum atomic E-state index is -4.65. The van der Waals surface area contributed by atoms with Crippen molar-refractivity contribution in [2.45, 2.75) is 19.3 Å². The Labute approximate surface area is 179 Å². The average molecular weight is 484 g/mol. The fourth-order valence-electron chi connectivity index (χ4n) is 2.80. The largest absolute Gasteiger partial charge is 0.251 e. The molecule has 0 atom stereocenters. The zero-order valence-corrected chi connectivity index (χ0v) is 18.3. The summed E-state index contributed by atoms with van der Waals surface area (Å²) < 4.78 is 91.2. The van der Waals surface area contributed by atoms with Crippen LogP contribution in [0.2, 0.25) is 5.02 Å². The van der Waals surface area contributed by atoms with E-state index < -0.39 is 69.2 Å². The van der Waals surface area contributed by atoms with Crippen molar-refractivity contribution in [3.05, 3.63) is 64.4 Å². The van der Waals surface area contributed by atoms with Gasteiger partial charge >= 0.3 is 0 Å². The monoisotopic (exact) mass is 483 g/mol. The molecule has 0 fully saturated rings. The molecule has 2 aromatic rings. The van der Waals surface area contributed by atoms with Crippen LogP contribution in [0, 0.1) is 5.82 Å². The Morgan fingerprint density at radius 1 is 0.833 bits per heavy atom. The van der Waals surface area contributed by atoms with Crippen molar-refractivity contribution in [1.82, 2.24) is 0 Å². The van der Waals surface area contributed by atoms with Crippen LogP contribution in [0.15, 0.2) is 42.5 Å². The Bertz CT molecular complexity index is 1030. The second-order valence-corrected chi connectivity index (χ2v) is 10.9. The van der Waals surface area contributed by atoms with Gasteiger partial charge in [0.25, 0.3) is 0 Å². The van der Waals surface area contributed by atoms with Gasteiger partial charge in [-0.15, -0.1) is 0 Å². The number of hydrogen-bond acceptors (Lipinski definition) is 4. The van der Waals surface area contributed by atoms with Gasteiger partial charge in [0.05, 0.1) is 24.9 Å². The highest BCUT2D eigenvalue weighted by molar-refractivity contribution is 8.10. The molecule has 0 unspecified atom stereocenters. The van der Waals surface area contributed by atoms with E-state index in [0.29, 0.717) is 5.56 Å². The third-order valence-electron chi connectivity index (χ3n) is 4.16. The highest BCUT2D eigenvalue weighted by Gasteiger charge is 2.36. The SMILES string of the molecule is O=S(=O)(CCCF)N(c1ccc(Cl)c(Cc2ccccc2)c1F)S(=O)(=O)CCCF. The fourth-order valence-corrected chi connectivity index (χ4v) is 7.01. The number of rotatable bonds is 11. The third kappa shape index (κ3) is 5.89. The summed E-state index contributed by atoms with van der Waals surface area (Å²) in [6.45, 7) is -2.00. The normalized spacial score (nSPS) is 12.1. The predicted octanol–water partition coefficient (Wildman–Crippen LogP) is 4.26. The molecular formula is C19H21ClF3NO4S2. The van der Waals surface area contributed by atoms with Crippen molar-refractivity contribution in [3.8, 4) is 0 Å². The smallest absolute Gasteiger partial charge is 0.248 e. The lowest BCUT2D eigenvalue weighted by atomic mass is 10.0. The van der Waals surface area contributed by atoms with Crippen molar-refractivity contribution < 1.29 is 30.0 Å². The molecule has 0 bridgehead atoms. The highest BCUT2D eigenvalue weighted by atomic mass is 35.5. The topological polar surface area (TPSA) is 71.5 Å². The van der Waals surface area contributed by atoms with Gasteiger partial charge in [-0.25, -0.2) is 21.2 Å². The van der Waals surface area contributed by atoms with Crippen LogP contribution in [0.1, 0.15) is 24.0 Å². The molecule has 0 saturated heterocycles. The molecule has 2 aromatic carbocycles. The Hall–Kier alpha value is -1.78. The molecule has 2 rings (SSSR count). The molecule has 30 heavy (non-hydrogen) atoms. The molecule has 0 spiro atoms. The van der Waals surface area contributed by atoms with Crippen molar-refractivity contribution in [1.29, 1.82) is 0 Å². The van der Waals surface area contributed by atoms with Crippen molar-refractivity contribution >= 4 is 37.3 Å². The van der Waals surface area contributed by atoms with Crippen LogP contribution in [-0.2, 0) is 26.5 Å². The molecule has 0 N–H and O–H groups in total. The van der Waals surface area contributed by atoms with E-state index >= 15 is 4.39 Å². The van der Waals surface area contributed by atoms with Crippen LogP contribution in [0.5, 0.6) is 0 Å². The summed E-state index contributed by atoms with van der Waals surface area (Å²) in [6, 6.07) is 10.7. The van der Waals surface area contributed by atoms with Crippen molar-refractivity contribution in [2.75, 3.05) is 28.6 Å². The summed E-state index contributed by atoms with van der Waals surface area (Å²) in [4.78, 5) is 0. The standard InChI is InChI=1S/C19H21ClF3NO4S2/c20-17-8-9-18(19(23)16(17)14-15-6-2-1-3-7-15)24(29(25,26)12-4-10-21)30(27,28)13-5-11-22/h1-3,6-9H,4-5,10-14H2. The van der Waals surface area contributed by atoms with Gasteiger partial charge < -0.3 is 0 Å². The molecule has 0 aliphatic rings. The number of hydrogen-bond donors (Lipinski definition) is 0.